The first kappa shape index (κ1) is 20.0. The zero-order chi connectivity index (χ0) is 21.3. The van der Waals surface area contributed by atoms with E-state index in [0.29, 0.717) is 46.2 Å². The Morgan fingerprint density at radius 1 is 1.03 bits per heavy atom. The van der Waals surface area contributed by atoms with Gasteiger partial charge in [-0.3, -0.25) is 4.79 Å². The molecule has 9 heteroatoms. The Morgan fingerprint density at radius 3 is 2.47 bits per heavy atom. The quantitative estimate of drug-likeness (QED) is 0.586. The average molecular weight is 430 g/mol. The van der Waals surface area contributed by atoms with Crippen LogP contribution in [0, 0.1) is 0 Å². The number of carbonyl (C=O) groups excluding carboxylic acids is 1. The van der Waals surface area contributed by atoms with E-state index in [-0.39, 0.29) is 18.2 Å². The van der Waals surface area contributed by atoms with Crippen LogP contribution < -0.4 is 19.1 Å². The highest BCUT2D eigenvalue weighted by molar-refractivity contribution is 6.32. The van der Waals surface area contributed by atoms with Gasteiger partial charge in [0, 0.05) is 24.2 Å². The molecule has 1 atom stereocenters. The molecule has 30 heavy (non-hydrogen) atoms. The lowest BCUT2D eigenvalue weighted by atomic mass is 10.1. The first-order valence-electron chi connectivity index (χ1n) is 9.24. The molecule has 4 rings (SSSR count). The number of rotatable bonds is 6. The largest absolute Gasteiger partial charge is 0.495 e. The monoisotopic (exact) mass is 429 g/mol. The lowest BCUT2D eigenvalue weighted by Crippen LogP contribution is -2.24. The van der Waals surface area contributed by atoms with Gasteiger partial charge in [-0.1, -0.05) is 16.8 Å². The molecule has 0 spiro atoms. The minimum absolute atomic E-state index is 0.0351. The zero-order valence-electron chi connectivity index (χ0n) is 16.7. The van der Waals surface area contributed by atoms with Gasteiger partial charge in [-0.15, -0.1) is 0 Å². The summed E-state index contributed by atoms with van der Waals surface area (Å²) in [5.74, 6) is 2.33. The van der Waals surface area contributed by atoms with Crippen LogP contribution in [0.3, 0.4) is 0 Å². The SMILES string of the molecule is COc1ccc(N2C[C@@H](c3nc(-c4ccc(OC)c(OC)c4)no3)CC2=O)cc1Cl. The van der Waals surface area contributed by atoms with E-state index in [1.165, 1.54) is 0 Å². The number of halogens is 1. The van der Waals surface area contributed by atoms with Crippen molar-refractivity contribution < 1.29 is 23.5 Å². The number of aromatic nitrogens is 2. The molecule has 0 N–H and O–H groups in total. The molecule has 2 aromatic carbocycles. The van der Waals surface area contributed by atoms with Gasteiger partial charge in [0.1, 0.15) is 5.75 Å². The third-order valence-corrected chi connectivity index (χ3v) is 5.30. The Labute approximate surface area is 178 Å². The third-order valence-electron chi connectivity index (χ3n) is 5.00. The highest BCUT2D eigenvalue weighted by Gasteiger charge is 2.35. The number of methoxy groups -OCH3 is 3. The van der Waals surface area contributed by atoms with E-state index in [1.54, 1.807) is 56.6 Å². The molecular weight excluding hydrogens is 410 g/mol. The number of amides is 1. The summed E-state index contributed by atoms with van der Waals surface area (Å²) in [6.45, 7) is 0.426. The minimum atomic E-state index is -0.209. The smallest absolute Gasteiger partial charge is 0.232 e. The molecule has 2 heterocycles. The Hall–Kier alpha value is -3.26. The van der Waals surface area contributed by atoms with Gasteiger partial charge in [0.05, 0.1) is 32.3 Å². The summed E-state index contributed by atoms with van der Waals surface area (Å²) < 4.78 is 21.2. The van der Waals surface area contributed by atoms with Crippen LogP contribution in [0.15, 0.2) is 40.9 Å². The second kappa shape index (κ2) is 8.23. The van der Waals surface area contributed by atoms with Crippen LogP contribution in [0.4, 0.5) is 5.69 Å². The van der Waals surface area contributed by atoms with E-state index in [2.05, 4.69) is 10.1 Å². The summed E-state index contributed by atoms with van der Waals surface area (Å²) in [4.78, 5) is 18.8. The van der Waals surface area contributed by atoms with E-state index >= 15 is 0 Å². The predicted molar refractivity (Wildman–Crippen MR) is 111 cm³/mol. The maximum absolute atomic E-state index is 12.6. The fraction of sp³-hybridized carbons (Fsp3) is 0.286. The van der Waals surface area contributed by atoms with Crippen LogP contribution in [0.1, 0.15) is 18.2 Å². The summed E-state index contributed by atoms with van der Waals surface area (Å²) >= 11 is 6.20. The molecule has 1 fully saturated rings. The highest BCUT2D eigenvalue weighted by atomic mass is 35.5. The van der Waals surface area contributed by atoms with Crippen LogP contribution in [0.2, 0.25) is 5.02 Å². The number of anilines is 1. The van der Waals surface area contributed by atoms with Gasteiger partial charge >= 0.3 is 0 Å². The first-order valence-corrected chi connectivity index (χ1v) is 9.61. The van der Waals surface area contributed by atoms with Gasteiger partial charge in [0.2, 0.25) is 17.6 Å². The topological polar surface area (TPSA) is 86.9 Å². The maximum atomic E-state index is 12.6. The Morgan fingerprint density at radius 2 is 1.77 bits per heavy atom. The van der Waals surface area contributed by atoms with E-state index in [0.717, 1.165) is 5.56 Å². The van der Waals surface area contributed by atoms with E-state index in [1.807, 2.05) is 6.07 Å². The predicted octanol–water partition coefficient (Wildman–Crippen LogP) is 3.94. The summed E-state index contributed by atoms with van der Waals surface area (Å²) in [7, 11) is 4.68. The van der Waals surface area contributed by atoms with Crippen molar-refractivity contribution in [3.63, 3.8) is 0 Å². The molecule has 8 nitrogen and oxygen atoms in total. The van der Waals surface area contributed by atoms with Crippen molar-refractivity contribution in [3.8, 4) is 28.6 Å². The summed E-state index contributed by atoms with van der Waals surface area (Å²) in [5, 5.41) is 4.52. The fourth-order valence-electron chi connectivity index (χ4n) is 3.44. The molecular formula is C21H20ClN3O5. The van der Waals surface area contributed by atoms with Crippen molar-refractivity contribution in [2.24, 2.45) is 0 Å². The molecule has 0 radical (unpaired) electrons. The molecule has 1 amide bonds. The zero-order valence-corrected chi connectivity index (χ0v) is 17.5. The highest BCUT2D eigenvalue weighted by Crippen LogP contribution is 2.36. The summed E-state index contributed by atoms with van der Waals surface area (Å²) in [6.07, 6.45) is 0.275. The number of benzene rings is 2. The summed E-state index contributed by atoms with van der Waals surface area (Å²) in [5.41, 5.74) is 1.43. The van der Waals surface area contributed by atoms with Crippen molar-refractivity contribution in [3.05, 3.63) is 47.3 Å². The third kappa shape index (κ3) is 3.66. The lowest BCUT2D eigenvalue weighted by Gasteiger charge is -2.17. The Kier molecular flexibility index (Phi) is 5.50. The van der Waals surface area contributed by atoms with Crippen LogP contribution in [0.25, 0.3) is 11.4 Å². The number of hydrogen-bond donors (Lipinski definition) is 0. The van der Waals surface area contributed by atoms with E-state index in [9.17, 15) is 4.79 Å². The Bertz CT molecular complexity index is 1080. The van der Waals surface area contributed by atoms with Crippen molar-refractivity contribution >= 4 is 23.2 Å². The molecule has 0 saturated carbocycles. The first-order chi connectivity index (χ1) is 14.5. The average Bonchev–Trinajstić information content (AvgIpc) is 3.40. The second-order valence-electron chi connectivity index (χ2n) is 6.75. The fourth-order valence-corrected chi connectivity index (χ4v) is 3.69. The van der Waals surface area contributed by atoms with E-state index in [4.69, 9.17) is 30.3 Å². The van der Waals surface area contributed by atoms with Gasteiger partial charge in [-0.05, 0) is 36.4 Å². The van der Waals surface area contributed by atoms with Crippen LogP contribution in [-0.2, 0) is 4.79 Å². The number of carbonyl (C=O) groups is 1. The van der Waals surface area contributed by atoms with Crippen LogP contribution >= 0.6 is 11.6 Å². The van der Waals surface area contributed by atoms with Crippen LogP contribution in [0.5, 0.6) is 17.2 Å². The standard InChI is InChI=1S/C21H20ClN3O5/c1-27-16-7-5-14(10-15(16)22)25-11-13(9-19(25)26)21-23-20(24-30-21)12-4-6-17(28-2)18(8-12)29-3/h4-8,10,13H,9,11H2,1-3H3/t13-/m0/s1. The van der Waals surface area contributed by atoms with Gasteiger partial charge in [-0.25, -0.2) is 0 Å². The molecule has 1 aromatic heterocycles. The van der Waals surface area contributed by atoms with Crippen molar-refractivity contribution in [1.82, 2.24) is 10.1 Å². The van der Waals surface area contributed by atoms with E-state index < -0.39 is 0 Å². The molecule has 1 saturated heterocycles. The van der Waals surface area contributed by atoms with Crippen molar-refractivity contribution in [1.29, 1.82) is 0 Å². The molecule has 0 unspecified atom stereocenters. The summed E-state index contributed by atoms with van der Waals surface area (Å²) in [6, 6.07) is 10.6. The number of nitrogens with zero attached hydrogens (tertiary/aromatic N) is 3. The normalized spacial score (nSPS) is 16.1. The minimum Gasteiger partial charge on any atom is -0.495 e. The van der Waals surface area contributed by atoms with Crippen LogP contribution in [-0.4, -0.2) is 43.9 Å². The molecule has 1 aliphatic rings. The van der Waals surface area contributed by atoms with Gasteiger partial charge in [0.25, 0.3) is 0 Å². The maximum Gasteiger partial charge on any atom is 0.232 e. The van der Waals surface area contributed by atoms with Crippen molar-refractivity contribution in [2.75, 3.05) is 32.8 Å². The molecule has 0 aliphatic carbocycles. The van der Waals surface area contributed by atoms with Gasteiger partial charge in [-0.2, -0.15) is 4.98 Å². The molecule has 3 aromatic rings. The number of hydrogen-bond acceptors (Lipinski definition) is 7. The van der Waals surface area contributed by atoms with Crippen molar-refractivity contribution in [2.45, 2.75) is 12.3 Å². The second-order valence-corrected chi connectivity index (χ2v) is 7.16. The van der Waals surface area contributed by atoms with Gasteiger partial charge in [0.15, 0.2) is 11.5 Å². The van der Waals surface area contributed by atoms with Gasteiger partial charge < -0.3 is 23.6 Å². The Balaban J connectivity index is 1.55. The lowest BCUT2D eigenvalue weighted by molar-refractivity contribution is -0.117. The molecule has 0 bridgehead atoms. The number of ether oxygens (including phenoxy) is 3. The molecule has 156 valence electrons. The molecule has 1 aliphatic heterocycles.